The Morgan fingerprint density at radius 1 is 1.19 bits per heavy atom. The van der Waals surface area contributed by atoms with E-state index in [2.05, 4.69) is 20.6 Å². The Kier molecular flexibility index (Phi) is 6.13. The highest BCUT2D eigenvalue weighted by Gasteiger charge is 2.24. The lowest BCUT2D eigenvalue weighted by molar-refractivity contribution is -0.117. The second kappa shape index (κ2) is 9.14. The van der Waals surface area contributed by atoms with Crippen LogP contribution in [0.1, 0.15) is 25.8 Å². The van der Waals surface area contributed by atoms with Gasteiger partial charge in [-0.2, -0.15) is 0 Å². The van der Waals surface area contributed by atoms with Gasteiger partial charge < -0.3 is 10.6 Å². The van der Waals surface area contributed by atoms with Gasteiger partial charge in [0.05, 0.1) is 21.8 Å². The van der Waals surface area contributed by atoms with Crippen molar-refractivity contribution in [2.75, 3.05) is 5.32 Å². The van der Waals surface area contributed by atoms with Crippen molar-refractivity contribution in [1.82, 2.24) is 10.3 Å². The molecule has 2 amide bonds. The molecule has 0 aliphatic carbocycles. The third kappa shape index (κ3) is 5.19. The van der Waals surface area contributed by atoms with Gasteiger partial charge in [-0.1, -0.05) is 38.1 Å². The van der Waals surface area contributed by atoms with E-state index in [9.17, 15) is 9.59 Å². The number of aliphatic imine (C=N–C) groups is 1. The highest BCUT2D eigenvalue weighted by Crippen LogP contribution is 2.31. The third-order valence-corrected chi connectivity index (χ3v) is 5.48. The quantitative estimate of drug-likeness (QED) is 0.551. The van der Waals surface area contributed by atoms with Gasteiger partial charge in [-0.25, -0.2) is 4.99 Å². The molecule has 2 aromatic carbocycles. The zero-order chi connectivity index (χ0) is 21.8. The van der Waals surface area contributed by atoms with Gasteiger partial charge in [0.15, 0.2) is 5.17 Å². The highest BCUT2D eigenvalue weighted by molar-refractivity contribution is 8.18. The number of thioether (sulfide) groups is 1. The Morgan fingerprint density at radius 3 is 2.87 bits per heavy atom. The summed E-state index contributed by atoms with van der Waals surface area (Å²) in [4.78, 5) is 34.1. The van der Waals surface area contributed by atoms with E-state index in [0.717, 1.165) is 16.5 Å². The van der Waals surface area contributed by atoms with E-state index < -0.39 is 0 Å². The van der Waals surface area contributed by atoms with Crippen LogP contribution in [0.3, 0.4) is 0 Å². The van der Waals surface area contributed by atoms with Gasteiger partial charge in [0.1, 0.15) is 0 Å². The van der Waals surface area contributed by atoms with Crippen molar-refractivity contribution in [2.24, 2.45) is 10.9 Å². The van der Waals surface area contributed by atoms with Crippen LogP contribution in [0.25, 0.3) is 17.0 Å². The lowest BCUT2D eigenvalue weighted by Crippen LogP contribution is -2.19. The summed E-state index contributed by atoms with van der Waals surface area (Å²) in [6.45, 7) is 3.99. The Bertz CT molecular complexity index is 1220. The van der Waals surface area contributed by atoms with Gasteiger partial charge in [-0.15, -0.1) is 0 Å². The van der Waals surface area contributed by atoms with Gasteiger partial charge in [0, 0.05) is 18.0 Å². The predicted octanol–water partition coefficient (Wildman–Crippen LogP) is 5.11. The number of hydrogen-bond acceptors (Lipinski definition) is 5. The number of aromatic nitrogens is 1. The van der Waals surface area contributed by atoms with Crippen LogP contribution < -0.4 is 10.6 Å². The molecule has 0 unspecified atom stereocenters. The molecule has 2 heterocycles. The van der Waals surface area contributed by atoms with Crippen LogP contribution in [0, 0.1) is 5.92 Å². The van der Waals surface area contributed by atoms with Crippen molar-refractivity contribution in [2.45, 2.75) is 20.3 Å². The first-order valence-corrected chi connectivity index (χ1v) is 10.8. The molecule has 7 heteroatoms. The summed E-state index contributed by atoms with van der Waals surface area (Å²) in [6, 6.07) is 17.0. The molecule has 4 rings (SSSR count). The Labute approximate surface area is 184 Å². The number of nitrogens with zero attached hydrogens (tertiary/aromatic N) is 2. The molecule has 156 valence electrons. The predicted molar refractivity (Wildman–Crippen MR) is 127 cm³/mol. The van der Waals surface area contributed by atoms with Crippen molar-refractivity contribution in [3.8, 4) is 0 Å². The Morgan fingerprint density at radius 2 is 2.03 bits per heavy atom. The third-order valence-electron chi connectivity index (χ3n) is 4.57. The molecule has 1 aliphatic heterocycles. The van der Waals surface area contributed by atoms with E-state index in [-0.39, 0.29) is 17.7 Å². The van der Waals surface area contributed by atoms with Crippen LogP contribution in [0.4, 0.5) is 11.4 Å². The second-order valence-electron chi connectivity index (χ2n) is 7.60. The molecule has 0 saturated carbocycles. The molecule has 1 saturated heterocycles. The summed E-state index contributed by atoms with van der Waals surface area (Å²) < 4.78 is 0. The lowest BCUT2D eigenvalue weighted by atomic mass is 10.1. The molecule has 31 heavy (non-hydrogen) atoms. The molecule has 6 nitrogen and oxygen atoms in total. The van der Waals surface area contributed by atoms with E-state index in [1.807, 2.05) is 68.5 Å². The van der Waals surface area contributed by atoms with Gasteiger partial charge in [-0.05, 0) is 59.7 Å². The van der Waals surface area contributed by atoms with Crippen LogP contribution in [0.2, 0.25) is 0 Å². The zero-order valence-corrected chi connectivity index (χ0v) is 18.1. The average Bonchev–Trinajstić information content (AvgIpc) is 3.07. The molecule has 1 aliphatic rings. The minimum absolute atomic E-state index is 0.0582. The molecule has 3 aromatic rings. The maximum atomic E-state index is 12.5. The summed E-state index contributed by atoms with van der Waals surface area (Å²) in [5.41, 5.74) is 3.04. The number of anilines is 1. The van der Waals surface area contributed by atoms with Gasteiger partial charge in [0.25, 0.3) is 5.91 Å². The van der Waals surface area contributed by atoms with Crippen LogP contribution in [0.15, 0.2) is 70.7 Å². The number of amides is 2. The van der Waals surface area contributed by atoms with E-state index >= 15 is 0 Å². The Balaban J connectivity index is 1.55. The van der Waals surface area contributed by atoms with E-state index in [0.29, 0.717) is 27.9 Å². The van der Waals surface area contributed by atoms with Crippen molar-refractivity contribution in [1.29, 1.82) is 0 Å². The number of hydrogen-bond donors (Lipinski definition) is 2. The molecule has 2 N–H and O–H groups in total. The number of rotatable bonds is 5. The highest BCUT2D eigenvalue weighted by atomic mass is 32.2. The molecule has 0 atom stereocenters. The molecular formula is C24H22N4O2S. The number of benzene rings is 2. The van der Waals surface area contributed by atoms with Crippen LogP contribution in [-0.2, 0) is 9.59 Å². The summed E-state index contributed by atoms with van der Waals surface area (Å²) >= 11 is 1.27. The van der Waals surface area contributed by atoms with Crippen molar-refractivity contribution in [3.63, 3.8) is 0 Å². The Hall–Kier alpha value is -3.45. The molecule has 1 aromatic heterocycles. The van der Waals surface area contributed by atoms with Gasteiger partial charge >= 0.3 is 0 Å². The smallest absolute Gasteiger partial charge is 0.264 e. The molecule has 0 radical (unpaired) electrons. The minimum Gasteiger partial charge on any atom is -0.324 e. The summed E-state index contributed by atoms with van der Waals surface area (Å²) in [6.07, 6.45) is 4.03. The number of carbonyl (C=O) groups is 2. The normalized spacial score (nSPS) is 16.3. The van der Waals surface area contributed by atoms with E-state index in [1.165, 1.54) is 11.8 Å². The zero-order valence-electron chi connectivity index (χ0n) is 17.3. The fraction of sp³-hybridized carbons (Fsp3) is 0.167. The van der Waals surface area contributed by atoms with Gasteiger partial charge in [-0.3, -0.25) is 14.6 Å². The topological polar surface area (TPSA) is 83.5 Å². The number of fused-ring (bicyclic) bond motifs is 1. The fourth-order valence-electron chi connectivity index (χ4n) is 3.17. The number of pyridine rings is 1. The first-order chi connectivity index (χ1) is 15.0. The second-order valence-corrected chi connectivity index (χ2v) is 8.63. The van der Waals surface area contributed by atoms with Crippen LogP contribution >= 0.6 is 11.8 Å². The van der Waals surface area contributed by atoms with Crippen LogP contribution in [-0.4, -0.2) is 22.0 Å². The van der Waals surface area contributed by atoms with Crippen molar-refractivity contribution in [3.05, 3.63) is 71.3 Å². The van der Waals surface area contributed by atoms with Gasteiger partial charge in [0.2, 0.25) is 5.91 Å². The lowest BCUT2D eigenvalue weighted by Gasteiger charge is -2.09. The maximum Gasteiger partial charge on any atom is 0.264 e. The fourth-order valence-corrected chi connectivity index (χ4v) is 4.01. The summed E-state index contributed by atoms with van der Waals surface area (Å²) in [5.74, 6) is 0.00947. The average molecular weight is 431 g/mol. The number of para-hydroxylation sites is 2. The monoisotopic (exact) mass is 430 g/mol. The maximum absolute atomic E-state index is 12.5. The largest absolute Gasteiger partial charge is 0.324 e. The minimum atomic E-state index is -0.198. The first kappa shape index (κ1) is 20.8. The van der Waals surface area contributed by atoms with E-state index in [4.69, 9.17) is 0 Å². The SMILES string of the molecule is CC(C)CC(=O)Nc1ccccc1N=C1NC(=O)/C(=C\c2ccc3ncccc3c2)S1. The number of nitrogens with one attached hydrogen (secondary N) is 2. The standard InChI is InChI=1S/C24H22N4O2S/c1-15(2)12-22(29)26-19-7-3-4-8-20(19)27-24-28-23(30)21(31-24)14-16-9-10-18-17(13-16)6-5-11-25-18/h3-11,13-15H,12H2,1-2H3,(H,26,29)(H,27,28,30)/b21-14+. The summed E-state index contributed by atoms with van der Waals surface area (Å²) in [7, 11) is 0. The molecular weight excluding hydrogens is 408 g/mol. The summed E-state index contributed by atoms with van der Waals surface area (Å²) in [5, 5.41) is 7.20. The van der Waals surface area contributed by atoms with E-state index in [1.54, 1.807) is 12.3 Å². The van der Waals surface area contributed by atoms with Crippen molar-refractivity contribution < 1.29 is 9.59 Å². The number of amidine groups is 1. The molecule has 1 fully saturated rings. The first-order valence-electron chi connectivity index (χ1n) is 10.0. The molecule has 0 spiro atoms. The van der Waals surface area contributed by atoms with Crippen molar-refractivity contribution >= 4 is 57.1 Å². The number of carbonyl (C=O) groups excluding carboxylic acids is 2. The molecule has 0 bridgehead atoms. The van der Waals surface area contributed by atoms with Crippen LogP contribution in [0.5, 0.6) is 0 Å².